The second-order valence-electron chi connectivity index (χ2n) is 7.24. The average molecular weight is 330 g/mol. The van der Waals surface area contributed by atoms with Crippen molar-refractivity contribution >= 4 is 11.8 Å². The van der Waals surface area contributed by atoms with Crippen molar-refractivity contribution in [1.29, 1.82) is 0 Å². The zero-order valence-electron chi connectivity index (χ0n) is 13.8. The maximum absolute atomic E-state index is 13.3. The number of carbonyl (C=O) groups is 2. The first-order chi connectivity index (χ1) is 11.6. The Balaban J connectivity index is 1.66. The number of nitrogens with zero attached hydrogens (tertiary/aromatic N) is 2. The molecule has 2 saturated carbocycles. The van der Waals surface area contributed by atoms with Crippen molar-refractivity contribution in [3.8, 4) is 0 Å². The average Bonchev–Trinajstić information content (AvgIpc) is 3.43. The Hall–Kier alpha value is -1.91. The molecule has 2 amide bonds. The molecule has 0 N–H and O–H groups in total. The van der Waals surface area contributed by atoms with Crippen LogP contribution in [0.25, 0.3) is 0 Å². The molecular weight excluding hydrogens is 307 g/mol. The number of halogens is 1. The first-order valence-electron chi connectivity index (χ1n) is 9.02. The minimum Gasteiger partial charge on any atom is -0.328 e. The lowest BCUT2D eigenvalue weighted by Crippen LogP contribution is -2.59. The molecule has 0 aromatic heterocycles. The Labute approximate surface area is 141 Å². The molecule has 1 aromatic rings. The highest BCUT2D eigenvalue weighted by Crippen LogP contribution is 2.39. The van der Waals surface area contributed by atoms with E-state index in [1.807, 2.05) is 0 Å². The van der Waals surface area contributed by atoms with E-state index in [0.717, 1.165) is 44.1 Å². The molecule has 3 aliphatic rings. The maximum atomic E-state index is 13.3. The van der Waals surface area contributed by atoms with E-state index < -0.39 is 6.04 Å². The van der Waals surface area contributed by atoms with E-state index >= 15 is 0 Å². The quantitative estimate of drug-likeness (QED) is 0.855. The van der Waals surface area contributed by atoms with Crippen molar-refractivity contribution in [3.05, 3.63) is 35.6 Å². The maximum Gasteiger partial charge on any atom is 0.250 e. The van der Waals surface area contributed by atoms with E-state index in [1.54, 1.807) is 21.9 Å². The highest BCUT2D eigenvalue weighted by atomic mass is 19.1. The molecule has 5 heteroatoms. The Morgan fingerprint density at radius 2 is 1.54 bits per heavy atom. The summed E-state index contributed by atoms with van der Waals surface area (Å²) in [5, 5.41) is 0. The van der Waals surface area contributed by atoms with Crippen LogP contribution < -0.4 is 0 Å². The van der Waals surface area contributed by atoms with E-state index in [1.165, 1.54) is 18.6 Å². The van der Waals surface area contributed by atoms with Crippen LogP contribution in [0.2, 0.25) is 0 Å². The third-order valence-corrected chi connectivity index (χ3v) is 5.53. The third kappa shape index (κ3) is 2.80. The van der Waals surface area contributed by atoms with E-state index in [9.17, 15) is 14.0 Å². The molecule has 4 nitrogen and oxygen atoms in total. The molecule has 1 aromatic carbocycles. The molecule has 1 aliphatic heterocycles. The van der Waals surface area contributed by atoms with Gasteiger partial charge >= 0.3 is 0 Å². The fourth-order valence-electron chi connectivity index (χ4n) is 4.14. The summed E-state index contributed by atoms with van der Waals surface area (Å²) in [6.07, 6.45) is 7.34. The molecule has 2 aliphatic carbocycles. The van der Waals surface area contributed by atoms with Crippen molar-refractivity contribution in [1.82, 2.24) is 9.80 Å². The Bertz CT molecular complexity index is 635. The van der Waals surface area contributed by atoms with E-state index in [-0.39, 0.29) is 36.3 Å². The molecule has 1 unspecified atom stereocenters. The van der Waals surface area contributed by atoms with Gasteiger partial charge in [-0.25, -0.2) is 4.39 Å². The Kier molecular flexibility index (Phi) is 4.02. The summed E-state index contributed by atoms with van der Waals surface area (Å²) >= 11 is 0. The van der Waals surface area contributed by atoms with Gasteiger partial charge in [-0.15, -0.1) is 0 Å². The smallest absolute Gasteiger partial charge is 0.250 e. The summed E-state index contributed by atoms with van der Waals surface area (Å²) < 4.78 is 13.3. The number of amides is 2. The molecule has 128 valence electrons. The van der Waals surface area contributed by atoms with Crippen LogP contribution in [0.4, 0.5) is 4.39 Å². The molecule has 24 heavy (non-hydrogen) atoms. The number of hydrogen-bond donors (Lipinski definition) is 0. The predicted molar refractivity (Wildman–Crippen MR) is 87.6 cm³/mol. The van der Waals surface area contributed by atoms with Gasteiger partial charge in [-0.1, -0.05) is 31.4 Å². The molecule has 3 fully saturated rings. The largest absolute Gasteiger partial charge is 0.328 e. The van der Waals surface area contributed by atoms with Crippen molar-refractivity contribution in [3.63, 3.8) is 0 Å². The minimum atomic E-state index is -0.582. The standard InChI is InChI=1S/C19H23FN2O2/c20-14-8-6-13(7-9-14)18-19(24)21(15-4-2-1-3-5-15)12-17(23)22(18)16-10-11-16/h6-9,15-16,18H,1-5,10-12H2. The third-order valence-electron chi connectivity index (χ3n) is 5.53. The fourth-order valence-corrected chi connectivity index (χ4v) is 4.14. The number of carbonyl (C=O) groups excluding carboxylic acids is 2. The summed E-state index contributed by atoms with van der Waals surface area (Å²) in [6, 6.07) is 5.80. The van der Waals surface area contributed by atoms with Gasteiger partial charge in [-0.2, -0.15) is 0 Å². The van der Waals surface area contributed by atoms with Gasteiger partial charge in [0.25, 0.3) is 5.91 Å². The number of rotatable bonds is 3. The molecule has 0 spiro atoms. The summed E-state index contributed by atoms with van der Waals surface area (Å²) in [4.78, 5) is 29.6. The normalized spacial score (nSPS) is 26.1. The van der Waals surface area contributed by atoms with Gasteiger partial charge in [-0.05, 0) is 43.4 Å². The minimum absolute atomic E-state index is 0.0139. The number of hydrogen-bond acceptors (Lipinski definition) is 2. The molecular formula is C19H23FN2O2. The first kappa shape index (κ1) is 15.6. The Morgan fingerprint density at radius 3 is 2.17 bits per heavy atom. The van der Waals surface area contributed by atoms with Crippen molar-refractivity contribution < 1.29 is 14.0 Å². The van der Waals surface area contributed by atoms with Crippen LogP contribution in [-0.2, 0) is 9.59 Å². The summed E-state index contributed by atoms with van der Waals surface area (Å²) in [5.41, 5.74) is 0.724. The van der Waals surface area contributed by atoms with Gasteiger partial charge in [-0.3, -0.25) is 9.59 Å². The molecule has 1 saturated heterocycles. The van der Waals surface area contributed by atoms with Crippen molar-refractivity contribution in [2.24, 2.45) is 0 Å². The van der Waals surface area contributed by atoms with Gasteiger partial charge in [0.1, 0.15) is 18.4 Å². The zero-order valence-corrected chi connectivity index (χ0v) is 13.8. The summed E-state index contributed by atoms with van der Waals surface area (Å²) in [5.74, 6) is -0.271. The lowest BCUT2D eigenvalue weighted by Gasteiger charge is -2.44. The molecule has 0 bridgehead atoms. The van der Waals surface area contributed by atoms with Crippen LogP contribution in [0, 0.1) is 5.82 Å². The second-order valence-corrected chi connectivity index (χ2v) is 7.24. The van der Waals surface area contributed by atoms with Crippen LogP contribution in [-0.4, -0.2) is 40.2 Å². The number of benzene rings is 1. The van der Waals surface area contributed by atoms with Gasteiger partial charge in [0, 0.05) is 12.1 Å². The fraction of sp³-hybridized carbons (Fsp3) is 0.579. The predicted octanol–water partition coefficient (Wildman–Crippen LogP) is 3.03. The van der Waals surface area contributed by atoms with Crippen molar-refractivity contribution in [2.45, 2.75) is 63.1 Å². The van der Waals surface area contributed by atoms with Crippen LogP contribution in [0.5, 0.6) is 0 Å². The Morgan fingerprint density at radius 1 is 0.875 bits per heavy atom. The summed E-state index contributed by atoms with van der Waals surface area (Å²) in [6.45, 7) is 0.206. The SMILES string of the molecule is O=C1C(c2ccc(F)cc2)N(C2CC2)C(=O)CN1C1CCCCC1. The highest BCUT2D eigenvalue weighted by molar-refractivity contribution is 5.96. The van der Waals surface area contributed by atoms with Crippen LogP contribution in [0.3, 0.4) is 0 Å². The van der Waals surface area contributed by atoms with Crippen LogP contribution in [0.15, 0.2) is 24.3 Å². The summed E-state index contributed by atoms with van der Waals surface area (Å²) in [7, 11) is 0. The van der Waals surface area contributed by atoms with Gasteiger partial charge in [0.2, 0.25) is 5.91 Å². The lowest BCUT2D eigenvalue weighted by atomic mass is 9.91. The van der Waals surface area contributed by atoms with Gasteiger partial charge in [0.15, 0.2) is 0 Å². The van der Waals surface area contributed by atoms with Crippen molar-refractivity contribution in [2.75, 3.05) is 6.54 Å². The van der Waals surface area contributed by atoms with E-state index in [0.29, 0.717) is 0 Å². The first-order valence-corrected chi connectivity index (χ1v) is 9.02. The van der Waals surface area contributed by atoms with Gasteiger partial charge < -0.3 is 9.80 Å². The lowest BCUT2D eigenvalue weighted by molar-refractivity contribution is -0.160. The van der Waals surface area contributed by atoms with Crippen LogP contribution in [0.1, 0.15) is 56.6 Å². The molecule has 1 heterocycles. The number of piperazine rings is 1. The van der Waals surface area contributed by atoms with Crippen LogP contribution >= 0.6 is 0 Å². The molecule has 1 atom stereocenters. The highest BCUT2D eigenvalue weighted by Gasteiger charge is 2.48. The topological polar surface area (TPSA) is 40.6 Å². The monoisotopic (exact) mass is 330 g/mol. The molecule has 0 radical (unpaired) electrons. The van der Waals surface area contributed by atoms with Gasteiger partial charge in [0.05, 0.1) is 0 Å². The molecule has 4 rings (SSSR count). The second kappa shape index (κ2) is 6.19. The van der Waals surface area contributed by atoms with E-state index in [4.69, 9.17) is 0 Å². The van der Waals surface area contributed by atoms with E-state index in [2.05, 4.69) is 0 Å². The zero-order chi connectivity index (χ0) is 16.7.